The molecule has 2 fully saturated rings. The summed E-state index contributed by atoms with van der Waals surface area (Å²) < 4.78 is 5.79. The minimum Gasteiger partial charge on any atom is -0.460 e. The van der Waals surface area contributed by atoms with E-state index in [9.17, 15) is 9.59 Å². The van der Waals surface area contributed by atoms with E-state index in [0.29, 0.717) is 18.6 Å². The maximum Gasteiger partial charge on any atom is 0.328 e. The van der Waals surface area contributed by atoms with Gasteiger partial charge in [0.25, 0.3) is 0 Å². The zero-order valence-electron chi connectivity index (χ0n) is 21.0. The molecule has 1 saturated heterocycles. The summed E-state index contributed by atoms with van der Waals surface area (Å²) in [7, 11) is 1.76. The van der Waals surface area contributed by atoms with Crippen LogP contribution in [0.5, 0.6) is 0 Å². The maximum absolute atomic E-state index is 13.9. The quantitative estimate of drug-likeness (QED) is 0.350. The van der Waals surface area contributed by atoms with Crippen LogP contribution in [0.1, 0.15) is 44.2 Å². The number of ether oxygens (including phenoxy) is 1. The van der Waals surface area contributed by atoms with Gasteiger partial charge in [-0.3, -0.25) is 14.6 Å². The normalized spacial score (nSPS) is 24.2. The average Bonchev–Trinajstić information content (AvgIpc) is 3.67. The standard InChI is InChI=1S/C31H30N2O3/c1-30(2)16-17-31(28(34)33(30)3,29(35)36-21-23-12-8-5-9-13-23)27-19-25-18-26(25)24(20-32-27)15-14-22-10-6-4-7-11-22/h4-13,19-20,26H,16-18,21H2,1-3H3. The number of amides is 1. The van der Waals surface area contributed by atoms with Crippen LogP contribution in [0.25, 0.3) is 0 Å². The number of allylic oxidation sites excluding steroid dienone is 3. The van der Waals surface area contributed by atoms with Crippen LogP contribution in [0.3, 0.4) is 0 Å². The van der Waals surface area contributed by atoms with Crippen molar-refractivity contribution in [2.24, 2.45) is 16.3 Å². The van der Waals surface area contributed by atoms with E-state index in [1.807, 2.05) is 80.6 Å². The number of piperidine rings is 1. The Labute approximate surface area is 212 Å². The fourth-order valence-electron chi connectivity index (χ4n) is 4.81. The second-order valence-electron chi connectivity index (χ2n) is 10.3. The smallest absolute Gasteiger partial charge is 0.328 e. The monoisotopic (exact) mass is 478 g/mol. The van der Waals surface area contributed by atoms with Crippen molar-refractivity contribution in [3.05, 3.63) is 95.2 Å². The number of rotatable bonds is 4. The topological polar surface area (TPSA) is 59.0 Å². The Hall–Kier alpha value is -3.91. The Kier molecular flexibility index (Phi) is 6.14. The molecule has 0 N–H and O–H groups in total. The highest BCUT2D eigenvalue weighted by molar-refractivity contribution is 6.27. The van der Waals surface area contributed by atoms with Crippen LogP contribution in [0.2, 0.25) is 0 Å². The first-order chi connectivity index (χ1) is 17.3. The Morgan fingerprint density at radius 3 is 2.47 bits per heavy atom. The Morgan fingerprint density at radius 2 is 1.75 bits per heavy atom. The maximum atomic E-state index is 13.9. The van der Waals surface area contributed by atoms with Crippen molar-refractivity contribution < 1.29 is 14.3 Å². The highest BCUT2D eigenvalue weighted by Crippen LogP contribution is 2.48. The van der Waals surface area contributed by atoms with Crippen LogP contribution in [0.15, 0.2) is 89.1 Å². The van der Waals surface area contributed by atoms with Gasteiger partial charge in [0.15, 0.2) is 5.41 Å². The highest BCUT2D eigenvalue weighted by Gasteiger charge is 2.58. The molecule has 182 valence electrons. The van der Waals surface area contributed by atoms with Crippen LogP contribution >= 0.6 is 0 Å². The van der Waals surface area contributed by atoms with Gasteiger partial charge in [-0.2, -0.15) is 0 Å². The van der Waals surface area contributed by atoms with Crippen LogP contribution in [0.4, 0.5) is 0 Å². The van der Waals surface area contributed by atoms with Gasteiger partial charge in [0.05, 0.1) is 5.71 Å². The molecule has 0 aromatic heterocycles. The van der Waals surface area contributed by atoms with E-state index in [1.54, 1.807) is 18.1 Å². The van der Waals surface area contributed by atoms with Gasteiger partial charge >= 0.3 is 5.97 Å². The third kappa shape index (κ3) is 4.40. The van der Waals surface area contributed by atoms with Crippen molar-refractivity contribution in [2.75, 3.05) is 7.05 Å². The van der Waals surface area contributed by atoms with E-state index < -0.39 is 11.4 Å². The average molecular weight is 479 g/mol. The number of carbonyl (C=O) groups excluding carboxylic acids is 2. The van der Waals surface area contributed by atoms with Gasteiger partial charge in [-0.1, -0.05) is 65.9 Å². The van der Waals surface area contributed by atoms with Gasteiger partial charge in [-0.25, -0.2) is 0 Å². The molecule has 0 radical (unpaired) electrons. The second-order valence-corrected chi connectivity index (χ2v) is 10.3. The van der Waals surface area contributed by atoms with E-state index in [0.717, 1.165) is 28.7 Å². The summed E-state index contributed by atoms with van der Waals surface area (Å²) in [4.78, 5) is 34.1. The van der Waals surface area contributed by atoms with Crippen molar-refractivity contribution >= 4 is 17.6 Å². The van der Waals surface area contributed by atoms with Crippen molar-refractivity contribution in [1.82, 2.24) is 4.90 Å². The SMILES string of the molecule is CN1C(=O)C(C(=O)OCc2ccccc2)(C2=NC=C(C#Cc3ccccc3)C3CC3=C2)CCC1(C)C. The van der Waals surface area contributed by atoms with E-state index in [1.165, 1.54) is 0 Å². The summed E-state index contributed by atoms with van der Waals surface area (Å²) in [5.41, 5.74) is 2.49. The summed E-state index contributed by atoms with van der Waals surface area (Å²) in [6.45, 7) is 4.15. The lowest BCUT2D eigenvalue weighted by Gasteiger charge is -2.47. The number of aliphatic imine (C=N–C) groups is 1. The van der Waals surface area contributed by atoms with Crippen molar-refractivity contribution in [3.8, 4) is 11.8 Å². The molecule has 1 amide bonds. The molecule has 2 aromatic carbocycles. The Morgan fingerprint density at radius 1 is 1.06 bits per heavy atom. The number of carbonyl (C=O) groups is 2. The number of hydrogen-bond donors (Lipinski definition) is 0. The molecule has 2 aliphatic heterocycles. The van der Waals surface area contributed by atoms with Crippen LogP contribution < -0.4 is 0 Å². The molecule has 5 rings (SSSR count). The second kappa shape index (κ2) is 9.28. The molecule has 0 bridgehead atoms. The van der Waals surface area contributed by atoms with Gasteiger partial charge in [0.2, 0.25) is 5.91 Å². The third-order valence-electron chi connectivity index (χ3n) is 7.58. The Balaban J connectivity index is 1.51. The number of fused-ring (bicyclic) bond motifs is 1. The lowest BCUT2D eigenvalue weighted by Crippen LogP contribution is -2.62. The van der Waals surface area contributed by atoms with E-state index >= 15 is 0 Å². The summed E-state index contributed by atoms with van der Waals surface area (Å²) in [5, 5.41) is 0. The minimum absolute atomic E-state index is 0.109. The predicted octanol–water partition coefficient (Wildman–Crippen LogP) is 5.08. The van der Waals surface area contributed by atoms with Gasteiger partial charge in [0.1, 0.15) is 6.61 Å². The molecule has 1 aliphatic carbocycles. The minimum atomic E-state index is -1.47. The number of nitrogens with zero attached hydrogens (tertiary/aromatic N) is 2. The molecule has 2 atom stereocenters. The highest BCUT2D eigenvalue weighted by atomic mass is 16.5. The molecule has 2 unspecified atom stereocenters. The van der Waals surface area contributed by atoms with Crippen molar-refractivity contribution in [3.63, 3.8) is 0 Å². The van der Waals surface area contributed by atoms with Crippen LogP contribution in [-0.2, 0) is 20.9 Å². The summed E-state index contributed by atoms with van der Waals surface area (Å²) in [6.07, 6.45) is 5.55. The zero-order valence-corrected chi connectivity index (χ0v) is 21.0. The van der Waals surface area contributed by atoms with Crippen LogP contribution in [0, 0.1) is 23.2 Å². The molecule has 5 nitrogen and oxygen atoms in total. The number of hydrogen-bond acceptors (Lipinski definition) is 4. The Bertz CT molecular complexity index is 1340. The van der Waals surface area contributed by atoms with Gasteiger partial charge in [0, 0.05) is 35.8 Å². The molecule has 5 heteroatoms. The molecule has 36 heavy (non-hydrogen) atoms. The summed E-state index contributed by atoms with van der Waals surface area (Å²) >= 11 is 0. The molecular formula is C31H30N2O3. The van der Waals surface area contributed by atoms with Gasteiger partial charge < -0.3 is 9.64 Å². The van der Waals surface area contributed by atoms with Crippen molar-refractivity contribution in [1.29, 1.82) is 0 Å². The molecule has 3 aliphatic rings. The molecular weight excluding hydrogens is 448 g/mol. The number of esters is 1. The first-order valence-electron chi connectivity index (χ1n) is 12.4. The fraction of sp³-hybridized carbons (Fsp3) is 0.323. The lowest BCUT2D eigenvalue weighted by molar-refractivity contribution is -0.167. The molecule has 0 spiro atoms. The summed E-state index contributed by atoms with van der Waals surface area (Å²) in [6, 6.07) is 19.3. The van der Waals surface area contributed by atoms with Crippen molar-refractivity contribution in [2.45, 2.75) is 45.3 Å². The van der Waals surface area contributed by atoms with E-state index in [4.69, 9.17) is 9.73 Å². The first-order valence-corrected chi connectivity index (χ1v) is 12.4. The summed E-state index contributed by atoms with van der Waals surface area (Å²) in [5.74, 6) is 5.85. The number of likely N-dealkylation sites (tertiary alicyclic amines) is 1. The largest absolute Gasteiger partial charge is 0.460 e. The molecule has 2 aromatic rings. The van der Waals surface area contributed by atoms with Gasteiger partial charge in [-0.15, -0.1) is 0 Å². The van der Waals surface area contributed by atoms with Gasteiger partial charge in [-0.05, 0) is 56.9 Å². The fourth-order valence-corrected chi connectivity index (χ4v) is 4.81. The van der Waals surface area contributed by atoms with Crippen LogP contribution in [-0.4, -0.2) is 35.1 Å². The predicted molar refractivity (Wildman–Crippen MR) is 140 cm³/mol. The number of benzene rings is 2. The zero-order chi connectivity index (χ0) is 25.3. The van der Waals surface area contributed by atoms with E-state index in [2.05, 4.69) is 11.8 Å². The van der Waals surface area contributed by atoms with E-state index in [-0.39, 0.29) is 24.0 Å². The lowest BCUT2D eigenvalue weighted by atomic mass is 9.70. The molecule has 2 heterocycles. The third-order valence-corrected chi connectivity index (χ3v) is 7.58. The molecule has 1 saturated carbocycles. The first kappa shape index (κ1) is 23.8.